The Kier molecular flexibility index (Phi) is 4.55. The van der Waals surface area contributed by atoms with Gasteiger partial charge in [0.25, 0.3) is 5.91 Å². The van der Waals surface area contributed by atoms with Crippen LogP contribution in [0.15, 0.2) is 36.4 Å². The molecule has 5 rings (SSSR count). The number of piperidine rings is 1. The van der Waals surface area contributed by atoms with Gasteiger partial charge in [-0.15, -0.1) is 0 Å². The second-order valence-electron chi connectivity index (χ2n) is 8.40. The summed E-state index contributed by atoms with van der Waals surface area (Å²) in [6, 6.07) is 11.8. The largest absolute Gasteiger partial charge is 0.381 e. The van der Waals surface area contributed by atoms with Crippen molar-refractivity contribution in [3.8, 4) is 0 Å². The molecule has 7 heteroatoms. The molecule has 3 aliphatic rings. The first-order valence-electron chi connectivity index (χ1n) is 10.4. The number of rotatable bonds is 4. The summed E-state index contributed by atoms with van der Waals surface area (Å²) in [4.78, 5) is 37.9. The van der Waals surface area contributed by atoms with Crippen molar-refractivity contribution in [2.45, 2.75) is 50.9 Å². The first kappa shape index (κ1) is 18.8. The minimum atomic E-state index is -0.582. The quantitative estimate of drug-likeness (QED) is 0.670. The lowest BCUT2D eigenvalue weighted by atomic mass is 10.0. The second-order valence-corrected chi connectivity index (χ2v) is 8.40. The van der Waals surface area contributed by atoms with Crippen LogP contribution in [0.2, 0.25) is 0 Å². The molecule has 2 heterocycles. The molecule has 154 valence electrons. The van der Waals surface area contributed by atoms with Crippen LogP contribution in [-0.4, -0.2) is 34.7 Å². The molecule has 0 saturated carbocycles. The molecule has 1 aliphatic carbocycles. The highest BCUT2D eigenvalue weighted by molar-refractivity contribution is 6.05. The average Bonchev–Trinajstić information content (AvgIpc) is 3.24. The highest BCUT2D eigenvalue weighted by Crippen LogP contribution is 2.29. The summed E-state index contributed by atoms with van der Waals surface area (Å²) in [7, 11) is 0. The molecule has 2 aromatic rings. The number of benzene rings is 2. The van der Waals surface area contributed by atoms with Crippen molar-refractivity contribution in [2.75, 3.05) is 5.32 Å². The van der Waals surface area contributed by atoms with E-state index in [2.05, 4.69) is 28.8 Å². The third-order valence-corrected chi connectivity index (χ3v) is 6.26. The summed E-state index contributed by atoms with van der Waals surface area (Å²) in [5.41, 5.74) is 12.4. The molecule has 1 saturated heterocycles. The highest BCUT2D eigenvalue weighted by Gasteiger charge is 2.39. The SMILES string of the molecule is NC1Cc2ccc(NCc3ccc4c(c3)CN(C3CCC(=O)NC3=O)C4=O)cc2C1. The van der Waals surface area contributed by atoms with Gasteiger partial charge in [0.05, 0.1) is 0 Å². The number of hydrogen-bond acceptors (Lipinski definition) is 5. The van der Waals surface area contributed by atoms with Crippen molar-refractivity contribution in [1.29, 1.82) is 0 Å². The van der Waals surface area contributed by atoms with Crippen LogP contribution in [-0.2, 0) is 35.5 Å². The van der Waals surface area contributed by atoms with Gasteiger partial charge in [-0.05, 0) is 59.7 Å². The third kappa shape index (κ3) is 3.35. The number of imide groups is 1. The summed E-state index contributed by atoms with van der Waals surface area (Å²) in [5.74, 6) is -0.804. The number of carbonyl (C=O) groups is 3. The van der Waals surface area contributed by atoms with E-state index in [0.717, 1.165) is 29.7 Å². The molecule has 0 spiro atoms. The van der Waals surface area contributed by atoms with Gasteiger partial charge >= 0.3 is 0 Å². The first-order valence-corrected chi connectivity index (χ1v) is 10.4. The van der Waals surface area contributed by atoms with Crippen molar-refractivity contribution in [1.82, 2.24) is 10.2 Å². The van der Waals surface area contributed by atoms with E-state index in [-0.39, 0.29) is 30.2 Å². The summed E-state index contributed by atoms with van der Waals surface area (Å²) in [6.07, 6.45) is 2.50. The Labute approximate surface area is 174 Å². The zero-order chi connectivity index (χ0) is 20.8. The lowest BCUT2D eigenvalue weighted by molar-refractivity contribution is -0.136. The van der Waals surface area contributed by atoms with Gasteiger partial charge in [0, 0.05) is 36.8 Å². The molecule has 0 bridgehead atoms. The van der Waals surface area contributed by atoms with Gasteiger partial charge in [0.15, 0.2) is 0 Å². The minimum Gasteiger partial charge on any atom is -0.381 e. The Hall–Kier alpha value is -3.19. The second kappa shape index (κ2) is 7.25. The fourth-order valence-electron chi connectivity index (χ4n) is 4.70. The van der Waals surface area contributed by atoms with Crippen molar-refractivity contribution >= 4 is 23.4 Å². The molecule has 4 N–H and O–H groups in total. The fourth-order valence-corrected chi connectivity index (χ4v) is 4.70. The fraction of sp³-hybridized carbons (Fsp3) is 0.348. The lowest BCUT2D eigenvalue weighted by Crippen LogP contribution is -2.52. The predicted octanol–water partition coefficient (Wildman–Crippen LogP) is 1.49. The number of hydrogen-bond donors (Lipinski definition) is 3. The number of carbonyl (C=O) groups excluding carboxylic acids is 3. The van der Waals surface area contributed by atoms with Crippen molar-refractivity contribution < 1.29 is 14.4 Å². The van der Waals surface area contributed by atoms with Crippen LogP contribution in [0.5, 0.6) is 0 Å². The summed E-state index contributed by atoms with van der Waals surface area (Å²) in [6.45, 7) is 1.04. The number of anilines is 1. The Morgan fingerprint density at radius 3 is 2.70 bits per heavy atom. The van der Waals surface area contributed by atoms with Crippen LogP contribution in [0.25, 0.3) is 0 Å². The Morgan fingerprint density at radius 2 is 1.87 bits per heavy atom. The molecule has 2 aromatic carbocycles. The highest BCUT2D eigenvalue weighted by atomic mass is 16.2. The van der Waals surface area contributed by atoms with Crippen molar-refractivity contribution in [3.05, 3.63) is 64.2 Å². The van der Waals surface area contributed by atoms with E-state index >= 15 is 0 Å². The van der Waals surface area contributed by atoms with Crippen molar-refractivity contribution in [3.63, 3.8) is 0 Å². The number of amides is 3. The van der Waals surface area contributed by atoms with Crippen LogP contribution in [0.3, 0.4) is 0 Å². The van der Waals surface area contributed by atoms with E-state index in [1.54, 1.807) is 4.90 Å². The van der Waals surface area contributed by atoms with E-state index in [9.17, 15) is 14.4 Å². The van der Waals surface area contributed by atoms with E-state index in [1.165, 1.54) is 11.1 Å². The molecule has 0 radical (unpaired) electrons. The Balaban J connectivity index is 1.27. The van der Waals surface area contributed by atoms with Gasteiger partial charge in [-0.1, -0.05) is 18.2 Å². The van der Waals surface area contributed by atoms with Gasteiger partial charge in [-0.2, -0.15) is 0 Å². The Morgan fingerprint density at radius 1 is 1.03 bits per heavy atom. The van der Waals surface area contributed by atoms with Crippen LogP contribution in [0, 0.1) is 0 Å². The predicted molar refractivity (Wildman–Crippen MR) is 112 cm³/mol. The lowest BCUT2D eigenvalue weighted by Gasteiger charge is -2.29. The number of nitrogens with one attached hydrogen (secondary N) is 2. The average molecular weight is 404 g/mol. The molecule has 1 fully saturated rings. The maximum Gasteiger partial charge on any atom is 0.255 e. The summed E-state index contributed by atoms with van der Waals surface area (Å²) >= 11 is 0. The molecular formula is C23H24N4O3. The van der Waals surface area contributed by atoms with Gasteiger partial charge in [0.1, 0.15) is 6.04 Å². The van der Waals surface area contributed by atoms with Gasteiger partial charge < -0.3 is 16.0 Å². The van der Waals surface area contributed by atoms with Gasteiger partial charge in [-0.3, -0.25) is 19.7 Å². The maximum atomic E-state index is 12.8. The zero-order valence-electron chi connectivity index (χ0n) is 16.6. The third-order valence-electron chi connectivity index (χ3n) is 6.26. The molecule has 30 heavy (non-hydrogen) atoms. The summed E-state index contributed by atoms with van der Waals surface area (Å²) in [5, 5.41) is 5.79. The van der Waals surface area contributed by atoms with Gasteiger partial charge in [0.2, 0.25) is 11.8 Å². The Bertz CT molecular complexity index is 1060. The summed E-state index contributed by atoms with van der Waals surface area (Å²) < 4.78 is 0. The monoisotopic (exact) mass is 404 g/mol. The van der Waals surface area contributed by atoms with E-state index in [1.807, 2.05) is 18.2 Å². The standard InChI is InChI=1S/C23H24N4O3/c24-17-8-14-2-3-18(10-15(14)9-17)25-11-13-1-4-19-16(7-13)12-27(23(19)30)20-5-6-21(28)26-22(20)29/h1-4,7,10,17,20,25H,5-6,8-9,11-12,24H2,(H,26,28,29). The van der Waals surface area contributed by atoms with Crippen LogP contribution < -0.4 is 16.4 Å². The first-order chi connectivity index (χ1) is 14.5. The smallest absolute Gasteiger partial charge is 0.255 e. The van der Waals surface area contributed by atoms with E-state index in [0.29, 0.717) is 25.1 Å². The molecule has 0 aromatic heterocycles. The topological polar surface area (TPSA) is 105 Å². The molecular weight excluding hydrogens is 380 g/mol. The minimum absolute atomic E-state index is 0.144. The van der Waals surface area contributed by atoms with Crippen LogP contribution in [0.1, 0.15) is 45.5 Å². The van der Waals surface area contributed by atoms with Gasteiger partial charge in [-0.25, -0.2) is 0 Å². The maximum absolute atomic E-state index is 12.8. The number of fused-ring (bicyclic) bond motifs is 2. The van der Waals surface area contributed by atoms with E-state index < -0.39 is 6.04 Å². The molecule has 2 unspecified atom stereocenters. The number of nitrogens with two attached hydrogens (primary N) is 1. The van der Waals surface area contributed by atoms with Crippen LogP contribution >= 0.6 is 0 Å². The van der Waals surface area contributed by atoms with Crippen molar-refractivity contribution in [2.24, 2.45) is 5.73 Å². The molecule has 2 aliphatic heterocycles. The van der Waals surface area contributed by atoms with Crippen LogP contribution in [0.4, 0.5) is 5.69 Å². The zero-order valence-corrected chi connectivity index (χ0v) is 16.6. The molecule has 2 atom stereocenters. The molecule has 7 nitrogen and oxygen atoms in total. The van der Waals surface area contributed by atoms with E-state index in [4.69, 9.17) is 5.73 Å². The molecule has 3 amide bonds. The number of nitrogens with zero attached hydrogens (tertiary/aromatic N) is 1. The normalized spacial score (nSPS) is 22.7.